The highest BCUT2D eigenvalue weighted by Crippen LogP contribution is 2.25. The first-order valence-corrected chi connectivity index (χ1v) is 6.40. The van der Waals surface area contributed by atoms with Crippen molar-refractivity contribution >= 4 is 28.6 Å². The summed E-state index contributed by atoms with van der Waals surface area (Å²) in [5.41, 5.74) is 7.51. The van der Waals surface area contributed by atoms with Crippen molar-refractivity contribution < 1.29 is 4.42 Å². The Bertz CT molecular complexity index is 731. The Kier molecular flexibility index (Phi) is 2.91. The average molecular weight is 277 g/mol. The van der Waals surface area contributed by atoms with Crippen molar-refractivity contribution in [1.82, 2.24) is 14.5 Å². The van der Waals surface area contributed by atoms with Gasteiger partial charge in [-0.2, -0.15) is 0 Å². The number of benzene rings is 1. The van der Waals surface area contributed by atoms with Crippen molar-refractivity contribution in [2.24, 2.45) is 0 Å². The molecule has 19 heavy (non-hydrogen) atoms. The number of oxazole rings is 1. The summed E-state index contributed by atoms with van der Waals surface area (Å²) in [4.78, 5) is 8.50. The predicted molar refractivity (Wildman–Crippen MR) is 74.1 cm³/mol. The molecule has 1 aromatic carbocycles. The van der Waals surface area contributed by atoms with E-state index in [2.05, 4.69) is 9.97 Å². The summed E-state index contributed by atoms with van der Waals surface area (Å²) in [6.45, 7) is 2.47. The molecular weight excluding hydrogens is 264 g/mol. The summed E-state index contributed by atoms with van der Waals surface area (Å²) in [6.07, 6.45) is 2.55. The fraction of sp³-hybridized carbons (Fsp3) is 0.231. The maximum Gasteiger partial charge on any atom is 0.214 e. The van der Waals surface area contributed by atoms with Crippen LogP contribution in [0.4, 0.5) is 5.95 Å². The highest BCUT2D eigenvalue weighted by Gasteiger charge is 2.13. The molecule has 0 fully saturated rings. The molecule has 0 saturated carbocycles. The number of fused-ring (bicyclic) bond motifs is 1. The molecule has 0 aliphatic carbocycles. The summed E-state index contributed by atoms with van der Waals surface area (Å²) >= 11 is 6.10. The van der Waals surface area contributed by atoms with E-state index in [1.807, 2.05) is 23.6 Å². The molecule has 0 amide bonds. The third-order valence-electron chi connectivity index (χ3n) is 3.00. The summed E-state index contributed by atoms with van der Waals surface area (Å²) in [5.74, 6) is 1.87. The maximum absolute atomic E-state index is 6.10. The molecule has 2 N–H and O–H groups in total. The lowest BCUT2D eigenvalue weighted by Crippen LogP contribution is -2.04. The minimum Gasteiger partial charge on any atom is -0.444 e. The van der Waals surface area contributed by atoms with Gasteiger partial charge < -0.3 is 14.7 Å². The van der Waals surface area contributed by atoms with Crippen LogP contribution in [0.25, 0.3) is 11.0 Å². The highest BCUT2D eigenvalue weighted by molar-refractivity contribution is 6.35. The molecule has 0 atom stereocenters. The quantitative estimate of drug-likeness (QED) is 0.798. The number of hydrogen-bond donors (Lipinski definition) is 1. The van der Waals surface area contributed by atoms with E-state index in [0.717, 1.165) is 17.7 Å². The lowest BCUT2D eigenvalue weighted by atomic mass is 10.3. The summed E-state index contributed by atoms with van der Waals surface area (Å²) in [7, 11) is 0. The van der Waals surface area contributed by atoms with Gasteiger partial charge in [0.2, 0.25) is 11.8 Å². The van der Waals surface area contributed by atoms with Crippen LogP contribution < -0.4 is 5.73 Å². The van der Waals surface area contributed by atoms with Crippen LogP contribution in [-0.2, 0) is 13.0 Å². The monoisotopic (exact) mass is 276 g/mol. The van der Waals surface area contributed by atoms with Crippen LogP contribution in [-0.4, -0.2) is 14.5 Å². The molecule has 2 heterocycles. The Balaban J connectivity index is 2.05. The van der Waals surface area contributed by atoms with E-state index in [9.17, 15) is 0 Å². The molecule has 0 radical (unpaired) electrons. The van der Waals surface area contributed by atoms with Crippen LogP contribution in [0.15, 0.2) is 28.8 Å². The molecule has 0 spiro atoms. The van der Waals surface area contributed by atoms with Gasteiger partial charge in [0.25, 0.3) is 0 Å². The van der Waals surface area contributed by atoms with E-state index >= 15 is 0 Å². The molecule has 0 unspecified atom stereocenters. The molecule has 0 aliphatic rings. The van der Waals surface area contributed by atoms with Crippen LogP contribution >= 0.6 is 11.6 Å². The van der Waals surface area contributed by atoms with Crippen molar-refractivity contribution in [3.8, 4) is 0 Å². The first kappa shape index (κ1) is 12.0. The number of hydrogen-bond acceptors (Lipinski definition) is 4. The molecule has 5 nitrogen and oxygen atoms in total. The fourth-order valence-electron chi connectivity index (χ4n) is 2.02. The van der Waals surface area contributed by atoms with Gasteiger partial charge in [-0.1, -0.05) is 24.6 Å². The molecule has 3 rings (SSSR count). The first-order chi connectivity index (χ1) is 9.19. The first-order valence-electron chi connectivity index (χ1n) is 6.03. The zero-order valence-electron chi connectivity index (χ0n) is 10.4. The topological polar surface area (TPSA) is 69.9 Å². The minimum absolute atomic E-state index is 0.402. The lowest BCUT2D eigenvalue weighted by Gasteiger charge is -2.03. The van der Waals surface area contributed by atoms with E-state index in [0.29, 0.717) is 28.9 Å². The lowest BCUT2D eigenvalue weighted by molar-refractivity contribution is 0.449. The Morgan fingerprint density at radius 1 is 1.42 bits per heavy atom. The number of aryl methyl sites for hydroxylation is 1. The van der Waals surface area contributed by atoms with Crippen LogP contribution in [0.1, 0.15) is 18.6 Å². The maximum atomic E-state index is 6.10. The molecule has 0 bridgehead atoms. The second-order valence-electron chi connectivity index (χ2n) is 4.24. The average Bonchev–Trinajstić information content (AvgIpc) is 2.97. The SMILES string of the molecule is CCc1cnc(Cn2c(N)nc3c(Cl)cccc32)o1. The fourth-order valence-corrected chi connectivity index (χ4v) is 2.23. The third kappa shape index (κ3) is 2.06. The summed E-state index contributed by atoms with van der Waals surface area (Å²) in [5, 5.41) is 0.588. The van der Waals surface area contributed by atoms with Gasteiger partial charge in [-0.05, 0) is 12.1 Å². The van der Waals surface area contributed by atoms with Crippen LogP contribution in [0.2, 0.25) is 5.02 Å². The number of nitrogens with two attached hydrogens (primary N) is 1. The number of imidazole rings is 1. The molecule has 3 aromatic rings. The normalized spacial score (nSPS) is 11.3. The molecule has 98 valence electrons. The van der Waals surface area contributed by atoms with Crippen LogP contribution in [0.5, 0.6) is 0 Å². The minimum atomic E-state index is 0.402. The Morgan fingerprint density at radius 2 is 2.26 bits per heavy atom. The van der Waals surface area contributed by atoms with Crippen molar-refractivity contribution in [2.45, 2.75) is 19.9 Å². The number of nitrogen functional groups attached to an aromatic ring is 1. The van der Waals surface area contributed by atoms with Gasteiger partial charge in [-0.25, -0.2) is 9.97 Å². The van der Waals surface area contributed by atoms with E-state index in [4.69, 9.17) is 21.8 Å². The predicted octanol–water partition coefficient (Wildman–Crippen LogP) is 2.87. The van der Waals surface area contributed by atoms with Gasteiger partial charge in [-0.15, -0.1) is 0 Å². The second kappa shape index (κ2) is 4.59. The third-order valence-corrected chi connectivity index (χ3v) is 3.31. The van der Waals surface area contributed by atoms with Crippen LogP contribution in [0.3, 0.4) is 0 Å². The Hall–Kier alpha value is -2.01. The molecule has 6 heteroatoms. The van der Waals surface area contributed by atoms with Gasteiger partial charge >= 0.3 is 0 Å². The zero-order chi connectivity index (χ0) is 13.4. The zero-order valence-corrected chi connectivity index (χ0v) is 11.2. The van der Waals surface area contributed by atoms with E-state index in [1.54, 1.807) is 12.3 Å². The van der Waals surface area contributed by atoms with E-state index < -0.39 is 0 Å². The largest absolute Gasteiger partial charge is 0.444 e. The number of rotatable bonds is 3. The summed E-state index contributed by atoms with van der Waals surface area (Å²) < 4.78 is 7.43. The van der Waals surface area contributed by atoms with Gasteiger partial charge in [0.05, 0.1) is 16.7 Å². The van der Waals surface area contributed by atoms with Gasteiger partial charge in [0, 0.05) is 6.42 Å². The van der Waals surface area contributed by atoms with Crippen molar-refractivity contribution in [3.63, 3.8) is 0 Å². The number of nitrogens with zero attached hydrogens (tertiary/aromatic N) is 3. The number of halogens is 1. The molecular formula is C13H13ClN4O. The number of para-hydroxylation sites is 1. The Labute approximate surface area is 115 Å². The smallest absolute Gasteiger partial charge is 0.214 e. The molecule has 0 aliphatic heterocycles. The van der Waals surface area contributed by atoms with Gasteiger partial charge in [-0.3, -0.25) is 0 Å². The van der Waals surface area contributed by atoms with Crippen LogP contribution in [0, 0.1) is 0 Å². The number of anilines is 1. The second-order valence-corrected chi connectivity index (χ2v) is 4.64. The number of aromatic nitrogens is 3. The van der Waals surface area contributed by atoms with E-state index in [-0.39, 0.29) is 0 Å². The molecule has 0 saturated heterocycles. The van der Waals surface area contributed by atoms with E-state index in [1.165, 1.54) is 0 Å². The summed E-state index contributed by atoms with van der Waals surface area (Å²) in [6, 6.07) is 5.59. The highest BCUT2D eigenvalue weighted by atomic mass is 35.5. The van der Waals surface area contributed by atoms with Crippen molar-refractivity contribution in [3.05, 3.63) is 41.1 Å². The Morgan fingerprint density at radius 3 is 3.00 bits per heavy atom. The van der Waals surface area contributed by atoms with Gasteiger partial charge in [0.15, 0.2) is 0 Å². The van der Waals surface area contributed by atoms with Crippen molar-refractivity contribution in [1.29, 1.82) is 0 Å². The molecule has 2 aromatic heterocycles. The van der Waals surface area contributed by atoms with Crippen molar-refractivity contribution in [2.75, 3.05) is 5.73 Å². The van der Waals surface area contributed by atoms with Gasteiger partial charge in [0.1, 0.15) is 17.8 Å². The standard InChI is InChI=1S/C13H13ClN4O/c1-2-8-6-16-11(19-8)7-18-10-5-3-4-9(14)12(10)17-13(18)15/h3-6H,2,7H2,1H3,(H2,15,17).